The van der Waals surface area contributed by atoms with E-state index in [9.17, 15) is 0 Å². The van der Waals surface area contributed by atoms with Crippen LogP contribution in [0.2, 0.25) is 0 Å². The van der Waals surface area contributed by atoms with Gasteiger partial charge in [0.1, 0.15) is 11.3 Å². The van der Waals surface area contributed by atoms with Crippen molar-refractivity contribution in [1.82, 2.24) is 0 Å². The first-order chi connectivity index (χ1) is 23.2. The highest BCUT2D eigenvalue weighted by atomic mass is 16.3. The summed E-state index contributed by atoms with van der Waals surface area (Å²) in [4.78, 5) is 2.39. The molecular formula is C45H31NO. The first-order valence-electron chi connectivity index (χ1n) is 16.1. The average Bonchev–Trinajstić information content (AvgIpc) is 3.48. The lowest BCUT2D eigenvalue weighted by molar-refractivity contribution is 0.629. The van der Waals surface area contributed by atoms with Gasteiger partial charge in [0.2, 0.25) is 0 Å². The van der Waals surface area contributed by atoms with Crippen LogP contribution in [0.25, 0.3) is 65.7 Å². The van der Waals surface area contributed by atoms with Crippen LogP contribution < -0.4 is 4.90 Å². The maximum atomic E-state index is 6.44. The second-order valence-electron chi connectivity index (χ2n) is 12.2. The number of hydrogen-bond donors (Lipinski definition) is 0. The minimum absolute atomic E-state index is 0.906. The predicted molar refractivity (Wildman–Crippen MR) is 199 cm³/mol. The van der Waals surface area contributed by atoms with Crippen LogP contribution >= 0.6 is 0 Å². The lowest BCUT2D eigenvalue weighted by atomic mass is 9.98. The van der Waals surface area contributed by atoms with Crippen molar-refractivity contribution < 1.29 is 4.42 Å². The van der Waals surface area contributed by atoms with Crippen molar-refractivity contribution in [2.24, 2.45) is 0 Å². The van der Waals surface area contributed by atoms with Gasteiger partial charge >= 0.3 is 0 Å². The van der Waals surface area contributed by atoms with E-state index in [2.05, 4.69) is 170 Å². The zero-order chi connectivity index (χ0) is 31.3. The second-order valence-corrected chi connectivity index (χ2v) is 12.2. The van der Waals surface area contributed by atoms with E-state index in [1.54, 1.807) is 0 Å². The second kappa shape index (κ2) is 11.0. The number of benzene rings is 8. The molecule has 47 heavy (non-hydrogen) atoms. The summed E-state index contributed by atoms with van der Waals surface area (Å²) in [6.45, 7) is 2.15. The van der Waals surface area contributed by atoms with Crippen molar-refractivity contribution in [3.8, 4) is 22.5 Å². The van der Waals surface area contributed by atoms with E-state index in [1.165, 1.54) is 43.4 Å². The molecule has 0 spiro atoms. The number of rotatable bonds is 5. The number of para-hydroxylation sites is 1. The smallest absolute Gasteiger partial charge is 0.138 e. The van der Waals surface area contributed by atoms with Gasteiger partial charge in [-0.3, -0.25) is 0 Å². The summed E-state index contributed by atoms with van der Waals surface area (Å²) in [5, 5.41) is 8.55. The molecule has 1 aromatic heterocycles. The molecule has 1 heterocycles. The minimum Gasteiger partial charge on any atom is -0.456 e. The van der Waals surface area contributed by atoms with Crippen LogP contribution in [0.5, 0.6) is 0 Å². The SMILES string of the molecule is Cc1c(-c2cccc(N(c3ccc(-c4ccc5ccccc5c4)cc3)c3cc4ccccc4c4ccccc34)c2)oc2ccccc12. The van der Waals surface area contributed by atoms with Crippen LogP contribution in [-0.2, 0) is 0 Å². The summed E-state index contributed by atoms with van der Waals surface area (Å²) < 4.78 is 6.44. The molecular weight excluding hydrogens is 571 g/mol. The number of furan rings is 1. The van der Waals surface area contributed by atoms with Gasteiger partial charge in [-0.05, 0) is 87.4 Å². The molecule has 0 radical (unpaired) electrons. The number of anilines is 3. The molecule has 0 fully saturated rings. The molecule has 0 atom stereocenters. The number of fused-ring (bicyclic) bond motifs is 5. The molecule has 0 N–H and O–H groups in total. The molecule has 0 saturated heterocycles. The van der Waals surface area contributed by atoms with E-state index in [-0.39, 0.29) is 0 Å². The summed E-state index contributed by atoms with van der Waals surface area (Å²) >= 11 is 0. The largest absolute Gasteiger partial charge is 0.456 e. The van der Waals surface area contributed by atoms with Crippen molar-refractivity contribution in [3.05, 3.63) is 175 Å². The first kappa shape index (κ1) is 27.2. The van der Waals surface area contributed by atoms with E-state index < -0.39 is 0 Å². The van der Waals surface area contributed by atoms with Crippen LogP contribution in [0.3, 0.4) is 0 Å². The Bertz CT molecular complexity index is 2590. The van der Waals surface area contributed by atoms with Crippen molar-refractivity contribution in [1.29, 1.82) is 0 Å². The Balaban J connectivity index is 1.24. The summed E-state index contributed by atoms with van der Waals surface area (Å²) in [6.07, 6.45) is 0. The maximum absolute atomic E-state index is 6.44. The number of hydrogen-bond acceptors (Lipinski definition) is 2. The van der Waals surface area contributed by atoms with Crippen molar-refractivity contribution in [2.75, 3.05) is 4.90 Å². The van der Waals surface area contributed by atoms with Gasteiger partial charge in [0, 0.05) is 33.3 Å². The lowest BCUT2D eigenvalue weighted by Crippen LogP contribution is -2.10. The van der Waals surface area contributed by atoms with Gasteiger partial charge in [-0.15, -0.1) is 0 Å². The van der Waals surface area contributed by atoms with E-state index in [4.69, 9.17) is 4.42 Å². The highest BCUT2D eigenvalue weighted by Crippen LogP contribution is 2.44. The molecule has 8 aromatic carbocycles. The Kier molecular flexibility index (Phi) is 6.39. The average molecular weight is 602 g/mol. The maximum Gasteiger partial charge on any atom is 0.138 e. The van der Waals surface area contributed by atoms with Gasteiger partial charge in [-0.2, -0.15) is 0 Å². The van der Waals surface area contributed by atoms with E-state index in [0.717, 1.165) is 44.9 Å². The molecule has 0 saturated carbocycles. The van der Waals surface area contributed by atoms with Gasteiger partial charge in [-0.1, -0.05) is 127 Å². The van der Waals surface area contributed by atoms with Crippen LogP contribution in [0.4, 0.5) is 17.1 Å². The monoisotopic (exact) mass is 601 g/mol. The molecule has 0 aliphatic rings. The summed E-state index contributed by atoms with van der Waals surface area (Å²) in [5.74, 6) is 0.906. The van der Waals surface area contributed by atoms with E-state index >= 15 is 0 Å². The third kappa shape index (κ3) is 4.65. The molecule has 2 nitrogen and oxygen atoms in total. The fourth-order valence-corrected chi connectivity index (χ4v) is 7.05. The molecule has 0 aliphatic carbocycles. The Labute approximate surface area is 273 Å². The van der Waals surface area contributed by atoms with Gasteiger partial charge in [0.05, 0.1) is 5.69 Å². The van der Waals surface area contributed by atoms with Gasteiger partial charge in [0.25, 0.3) is 0 Å². The summed E-state index contributed by atoms with van der Waals surface area (Å²) in [7, 11) is 0. The van der Waals surface area contributed by atoms with E-state index in [0.29, 0.717) is 0 Å². The first-order valence-corrected chi connectivity index (χ1v) is 16.1. The Morgan fingerprint density at radius 2 is 1.06 bits per heavy atom. The Hall–Kier alpha value is -6.12. The summed E-state index contributed by atoms with van der Waals surface area (Å²) in [5.41, 5.74) is 8.81. The fourth-order valence-electron chi connectivity index (χ4n) is 7.05. The van der Waals surface area contributed by atoms with Crippen molar-refractivity contribution in [2.45, 2.75) is 6.92 Å². The topological polar surface area (TPSA) is 16.4 Å². The van der Waals surface area contributed by atoms with Gasteiger partial charge in [0.15, 0.2) is 0 Å². The van der Waals surface area contributed by atoms with Crippen LogP contribution in [0, 0.1) is 6.92 Å². The summed E-state index contributed by atoms with van der Waals surface area (Å²) in [6, 6.07) is 60.9. The fraction of sp³-hybridized carbons (Fsp3) is 0.0222. The molecule has 0 aliphatic heterocycles. The molecule has 222 valence electrons. The normalized spacial score (nSPS) is 11.5. The quantitative estimate of drug-likeness (QED) is 0.182. The highest BCUT2D eigenvalue weighted by Gasteiger charge is 2.19. The van der Waals surface area contributed by atoms with Crippen molar-refractivity contribution >= 4 is 60.3 Å². The van der Waals surface area contributed by atoms with E-state index in [1.807, 2.05) is 12.1 Å². The zero-order valence-electron chi connectivity index (χ0n) is 26.0. The molecule has 2 heteroatoms. The van der Waals surface area contributed by atoms with Crippen LogP contribution in [0.15, 0.2) is 174 Å². The molecule has 9 rings (SSSR count). The minimum atomic E-state index is 0.906. The van der Waals surface area contributed by atoms with Crippen LogP contribution in [-0.4, -0.2) is 0 Å². The Morgan fingerprint density at radius 3 is 1.87 bits per heavy atom. The third-order valence-corrected chi connectivity index (χ3v) is 9.41. The van der Waals surface area contributed by atoms with Crippen molar-refractivity contribution in [3.63, 3.8) is 0 Å². The van der Waals surface area contributed by atoms with Gasteiger partial charge in [-0.25, -0.2) is 0 Å². The Morgan fingerprint density at radius 1 is 0.404 bits per heavy atom. The molecule has 0 bridgehead atoms. The van der Waals surface area contributed by atoms with Crippen LogP contribution in [0.1, 0.15) is 5.56 Å². The lowest BCUT2D eigenvalue weighted by Gasteiger charge is -2.28. The predicted octanol–water partition coefficient (Wildman–Crippen LogP) is 13.0. The zero-order valence-corrected chi connectivity index (χ0v) is 26.0. The third-order valence-electron chi connectivity index (χ3n) is 9.41. The number of aryl methyl sites for hydroxylation is 1. The standard InChI is InChI=1S/C45H31NO/c1-30-39-16-8-9-20-44(39)47-45(30)36-14-10-15-38(28-36)46(43-29-35-13-4-5-17-40(35)41-18-6-7-19-42(41)43)37-25-23-32(24-26-37)34-22-21-31-11-2-3-12-33(31)27-34/h2-29H,1H3. The highest BCUT2D eigenvalue weighted by molar-refractivity contribution is 6.14. The molecule has 9 aromatic rings. The van der Waals surface area contributed by atoms with Gasteiger partial charge < -0.3 is 9.32 Å². The molecule has 0 unspecified atom stereocenters. The number of nitrogens with zero attached hydrogens (tertiary/aromatic N) is 1. The molecule has 0 amide bonds.